The van der Waals surface area contributed by atoms with E-state index in [2.05, 4.69) is 174 Å². The van der Waals surface area contributed by atoms with Crippen molar-refractivity contribution in [3.8, 4) is 11.8 Å². The molecular weight excluding hydrogens is 492 g/mol. The van der Waals surface area contributed by atoms with E-state index in [9.17, 15) is 0 Å². The van der Waals surface area contributed by atoms with Crippen molar-refractivity contribution >= 4 is 0 Å². The lowest BCUT2D eigenvalue weighted by molar-refractivity contribution is 0.469. The third-order valence-corrected chi connectivity index (χ3v) is 4.83. The molecule has 0 nitrogen and oxygen atoms in total. The zero-order valence-corrected chi connectivity index (χ0v) is 32.7. The molecule has 0 aliphatic carbocycles. The second-order valence-corrected chi connectivity index (χ2v) is 14.9. The van der Waals surface area contributed by atoms with Crippen LogP contribution in [0.1, 0.15) is 186 Å². The van der Waals surface area contributed by atoms with E-state index in [4.69, 9.17) is 0 Å². The Morgan fingerprint density at radius 3 is 1.05 bits per heavy atom. The highest BCUT2D eigenvalue weighted by Gasteiger charge is 2.12. The van der Waals surface area contributed by atoms with Crippen LogP contribution >= 0.6 is 0 Å². The standard InChI is InChI=1S/C10H14.C9H18.C7H12.2C5H12.2C2H6.CH4/c1-10(2,3)9-7-5-4-6-8-9;1-7(2)8(3)9(4,5)6;1-5-6-7(2,3)4;1-5(2,3)4;1-4-5(2)3;2*1-2;/h4-8H,1-3H3;1-6H3;1-4H3;1-4H3;5H,4H2,1-3H3;2*1-2H3;1H4. The fraction of sp³-hybridized carbons (Fsp3) is 0.756. The molecule has 0 saturated carbocycles. The van der Waals surface area contributed by atoms with E-state index in [1.807, 2.05) is 34.6 Å². The maximum atomic E-state index is 3.03. The predicted molar refractivity (Wildman–Crippen MR) is 201 cm³/mol. The maximum Gasteiger partial charge on any atom is 0.0230 e. The van der Waals surface area contributed by atoms with Gasteiger partial charge in [0, 0.05) is 5.41 Å². The van der Waals surface area contributed by atoms with E-state index >= 15 is 0 Å². The minimum Gasteiger partial charge on any atom is -0.106 e. The molecule has 0 N–H and O–H groups in total. The zero-order valence-electron chi connectivity index (χ0n) is 32.7. The van der Waals surface area contributed by atoms with E-state index < -0.39 is 0 Å². The van der Waals surface area contributed by atoms with Crippen molar-refractivity contribution in [1.29, 1.82) is 0 Å². The topological polar surface area (TPSA) is 0 Å². The van der Waals surface area contributed by atoms with E-state index in [-0.39, 0.29) is 12.8 Å². The van der Waals surface area contributed by atoms with Gasteiger partial charge >= 0.3 is 0 Å². The molecule has 41 heavy (non-hydrogen) atoms. The molecule has 1 aromatic rings. The number of allylic oxidation sites excluding steroid dienone is 2. The molecule has 0 spiro atoms. The molecule has 0 radical (unpaired) electrons. The molecular formula is C41H84. The summed E-state index contributed by atoms with van der Waals surface area (Å²) in [6.45, 7) is 51.5. The van der Waals surface area contributed by atoms with Crippen LogP contribution in [0.2, 0.25) is 0 Å². The van der Waals surface area contributed by atoms with Gasteiger partial charge in [-0.2, -0.15) is 0 Å². The Morgan fingerprint density at radius 1 is 0.683 bits per heavy atom. The highest BCUT2D eigenvalue weighted by atomic mass is 14.2. The summed E-state index contributed by atoms with van der Waals surface area (Å²) in [5.74, 6) is 6.78. The van der Waals surface area contributed by atoms with Crippen LogP contribution in [-0.4, -0.2) is 0 Å². The van der Waals surface area contributed by atoms with Gasteiger partial charge in [0.05, 0.1) is 0 Å². The summed E-state index contributed by atoms with van der Waals surface area (Å²) in [7, 11) is 0. The van der Waals surface area contributed by atoms with Crippen molar-refractivity contribution in [1.82, 2.24) is 0 Å². The quantitative estimate of drug-likeness (QED) is 0.230. The molecule has 0 unspecified atom stereocenters. The molecule has 0 atom stereocenters. The first-order chi connectivity index (χ1) is 17.8. The summed E-state index contributed by atoms with van der Waals surface area (Å²) in [5, 5.41) is 0. The van der Waals surface area contributed by atoms with Gasteiger partial charge in [-0.1, -0.05) is 179 Å². The van der Waals surface area contributed by atoms with Crippen molar-refractivity contribution in [2.75, 3.05) is 0 Å². The first-order valence-electron chi connectivity index (χ1n) is 15.9. The van der Waals surface area contributed by atoms with Crippen LogP contribution in [-0.2, 0) is 5.41 Å². The van der Waals surface area contributed by atoms with Crippen molar-refractivity contribution in [3.05, 3.63) is 47.0 Å². The normalized spacial score (nSPS) is 9.88. The molecule has 0 bridgehead atoms. The average Bonchev–Trinajstić information content (AvgIpc) is 2.80. The van der Waals surface area contributed by atoms with Gasteiger partial charge in [0.25, 0.3) is 0 Å². The van der Waals surface area contributed by atoms with Gasteiger partial charge in [0.2, 0.25) is 0 Å². The van der Waals surface area contributed by atoms with Crippen LogP contribution in [0, 0.1) is 34.0 Å². The summed E-state index contributed by atoms with van der Waals surface area (Å²) >= 11 is 0. The van der Waals surface area contributed by atoms with E-state index in [0.29, 0.717) is 16.2 Å². The van der Waals surface area contributed by atoms with Crippen LogP contribution in [0.5, 0.6) is 0 Å². The fourth-order valence-corrected chi connectivity index (χ4v) is 2.06. The fourth-order valence-electron chi connectivity index (χ4n) is 2.06. The minimum absolute atomic E-state index is 0. The van der Waals surface area contributed by atoms with Crippen LogP contribution in [0.3, 0.4) is 0 Å². The predicted octanol–water partition coefficient (Wildman–Crippen LogP) is 15.2. The van der Waals surface area contributed by atoms with Crippen molar-refractivity contribution in [2.24, 2.45) is 22.2 Å². The van der Waals surface area contributed by atoms with Crippen LogP contribution in [0.15, 0.2) is 41.5 Å². The second kappa shape index (κ2) is 30.0. The number of benzene rings is 1. The van der Waals surface area contributed by atoms with Gasteiger partial charge in [0.15, 0.2) is 0 Å². The molecule has 1 rings (SSSR count). The van der Waals surface area contributed by atoms with Crippen molar-refractivity contribution in [3.63, 3.8) is 0 Å². The third kappa shape index (κ3) is 63.2. The van der Waals surface area contributed by atoms with Crippen LogP contribution < -0.4 is 0 Å². The Morgan fingerprint density at radius 2 is 0.976 bits per heavy atom. The Labute approximate surface area is 266 Å². The highest BCUT2D eigenvalue weighted by Crippen LogP contribution is 2.26. The molecule has 248 valence electrons. The largest absolute Gasteiger partial charge is 0.106 e. The molecule has 0 aliphatic rings. The van der Waals surface area contributed by atoms with Crippen molar-refractivity contribution in [2.45, 2.75) is 185 Å². The van der Waals surface area contributed by atoms with Gasteiger partial charge in [-0.3, -0.25) is 0 Å². The average molecular weight is 577 g/mol. The lowest BCUT2D eigenvalue weighted by atomic mass is 9.85. The monoisotopic (exact) mass is 577 g/mol. The Bertz CT molecular complexity index is 708. The van der Waals surface area contributed by atoms with Gasteiger partial charge in [0.1, 0.15) is 0 Å². The first kappa shape index (κ1) is 55.4. The molecule has 0 amide bonds. The molecule has 0 saturated heterocycles. The Kier molecular flexibility index (Phi) is 40.6. The SMILES string of the molecule is C.CC.CC.CC#CC(C)(C)C.CC(C)(C)C.CC(C)(C)c1ccccc1.CC(C)=C(C)C(C)(C)C.CCC(C)C. The maximum absolute atomic E-state index is 3.03. The third-order valence-electron chi connectivity index (χ3n) is 4.83. The first-order valence-corrected chi connectivity index (χ1v) is 15.9. The molecule has 0 aliphatic heterocycles. The van der Waals surface area contributed by atoms with E-state index in [1.165, 1.54) is 23.1 Å². The van der Waals surface area contributed by atoms with Crippen molar-refractivity contribution < 1.29 is 0 Å². The van der Waals surface area contributed by atoms with E-state index in [0.717, 1.165) is 5.92 Å². The number of rotatable bonds is 1. The van der Waals surface area contributed by atoms with Gasteiger partial charge < -0.3 is 0 Å². The smallest absolute Gasteiger partial charge is 0.0230 e. The summed E-state index contributed by atoms with van der Waals surface area (Å²) in [6, 6.07) is 10.6. The number of hydrogen-bond acceptors (Lipinski definition) is 0. The molecule has 0 fully saturated rings. The molecule has 0 heteroatoms. The highest BCUT2D eigenvalue weighted by molar-refractivity contribution is 5.22. The number of hydrogen-bond donors (Lipinski definition) is 0. The molecule has 0 aromatic heterocycles. The Hall–Kier alpha value is -1.48. The van der Waals surface area contributed by atoms with Gasteiger partial charge in [-0.15, -0.1) is 5.92 Å². The lowest BCUT2D eigenvalue weighted by Gasteiger charge is -2.20. The molecule has 0 heterocycles. The minimum atomic E-state index is 0. The van der Waals surface area contributed by atoms with Gasteiger partial charge in [-0.05, 0) is 76.2 Å². The zero-order chi connectivity index (χ0) is 34.0. The summed E-state index contributed by atoms with van der Waals surface area (Å²) in [5.41, 5.74) is 5.69. The summed E-state index contributed by atoms with van der Waals surface area (Å²) in [6.07, 6.45) is 1.31. The van der Waals surface area contributed by atoms with Gasteiger partial charge in [-0.25, -0.2) is 0 Å². The Balaban J connectivity index is -0.0000000695. The lowest BCUT2D eigenvalue weighted by Crippen LogP contribution is -2.10. The van der Waals surface area contributed by atoms with E-state index in [1.54, 1.807) is 0 Å². The molecule has 1 aromatic carbocycles. The second-order valence-electron chi connectivity index (χ2n) is 14.9. The van der Waals surface area contributed by atoms with Crippen LogP contribution in [0.25, 0.3) is 0 Å². The summed E-state index contributed by atoms with van der Waals surface area (Å²) < 4.78 is 0. The van der Waals surface area contributed by atoms with Crippen LogP contribution in [0.4, 0.5) is 0 Å². The summed E-state index contributed by atoms with van der Waals surface area (Å²) in [4.78, 5) is 0.